The number of benzene rings is 1. The van der Waals surface area contributed by atoms with E-state index < -0.39 is 17.7 Å². The van der Waals surface area contributed by atoms with Crippen molar-refractivity contribution in [1.29, 1.82) is 0 Å². The molecule has 1 amide bonds. The number of rotatable bonds is 3. The fourth-order valence-electron chi connectivity index (χ4n) is 1.23. The fourth-order valence-corrected chi connectivity index (χ4v) is 2.17. The molecule has 1 aromatic carbocycles. The van der Waals surface area contributed by atoms with Gasteiger partial charge in [0.15, 0.2) is 10.7 Å². The molecule has 0 saturated heterocycles. The number of anilines is 1. The minimum Gasteiger partial charge on any atom is -0.476 e. The molecule has 0 radical (unpaired) electrons. The summed E-state index contributed by atoms with van der Waals surface area (Å²) in [6.45, 7) is 0. The Labute approximate surface area is 119 Å². The number of carbonyl (C=O) groups excluding carboxylic acids is 1. The van der Waals surface area contributed by atoms with E-state index in [9.17, 15) is 14.0 Å². The number of carbonyl (C=O) groups is 2. The standard InChI is InChI=1S/C11H6BrFN2O3S/c12-6-2-1-5(3-7(6)13)14-9(16)10-15-8(4-19-10)11(17)18/h1-4H,(H,14,16)(H,17,18). The first-order valence-electron chi connectivity index (χ1n) is 4.92. The molecule has 0 spiro atoms. The number of nitrogens with one attached hydrogen (secondary N) is 1. The lowest BCUT2D eigenvalue weighted by molar-refractivity contribution is 0.0691. The third-order valence-corrected chi connectivity index (χ3v) is 3.58. The molecule has 0 fully saturated rings. The zero-order valence-corrected chi connectivity index (χ0v) is 11.6. The molecule has 0 atom stereocenters. The second-order valence-corrected chi connectivity index (χ2v) is 5.14. The van der Waals surface area contributed by atoms with E-state index in [0.29, 0.717) is 0 Å². The van der Waals surface area contributed by atoms with Crippen molar-refractivity contribution in [1.82, 2.24) is 4.98 Å². The highest BCUT2D eigenvalue weighted by molar-refractivity contribution is 9.10. The molecular weight excluding hydrogens is 339 g/mol. The predicted octanol–water partition coefficient (Wildman–Crippen LogP) is 3.00. The van der Waals surface area contributed by atoms with E-state index in [4.69, 9.17) is 5.11 Å². The van der Waals surface area contributed by atoms with Crippen LogP contribution in [0.4, 0.5) is 10.1 Å². The van der Waals surface area contributed by atoms with Gasteiger partial charge >= 0.3 is 5.97 Å². The SMILES string of the molecule is O=C(O)c1csc(C(=O)Nc2ccc(Br)c(F)c2)n1. The van der Waals surface area contributed by atoms with Crippen LogP contribution in [0.1, 0.15) is 20.3 Å². The molecule has 1 aromatic heterocycles. The number of carboxylic acids is 1. The second-order valence-electron chi connectivity index (χ2n) is 3.43. The Morgan fingerprint density at radius 2 is 2.16 bits per heavy atom. The molecule has 8 heteroatoms. The van der Waals surface area contributed by atoms with Gasteiger partial charge in [-0.3, -0.25) is 4.79 Å². The summed E-state index contributed by atoms with van der Waals surface area (Å²) in [5, 5.41) is 12.4. The molecule has 19 heavy (non-hydrogen) atoms. The lowest BCUT2D eigenvalue weighted by Crippen LogP contribution is -2.12. The predicted molar refractivity (Wildman–Crippen MR) is 71.1 cm³/mol. The minimum atomic E-state index is -1.20. The number of halogens is 2. The van der Waals surface area contributed by atoms with E-state index in [1.165, 1.54) is 17.5 Å². The molecule has 2 aromatic rings. The topological polar surface area (TPSA) is 79.3 Å². The summed E-state index contributed by atoms with van der Waals surface area (Å²) < 4.78 is 13.5. The van der Waals surface area contributed by atoms with Gasteiger partial charge < -0.3 is 10.4 Å². The van der Waals surface area contributed by atoms with E-state index in [2.05, 4.69) is 26.2 Å². The first kappa shape index (κ1) is 13.6. The Kier molecular flexibility index (Phi) is 3.91. The number of aromatic nitrogens is 1. The summed E-state index contributed by atoms with van der Waals surface area (Å²) in [7, 11) is 0. The van der Waals surface area contributed by atoms with Crippen LogP contribution in [0, 0.1) is 5.82 Å². The number of aromatic carboxylic acids is 1. The van der Waals surface area contributed by atoms with Crippen molar-refractivity contribution in [2.45, 2.75) is 0 Å². The van der Waals surface area contributed by atoms with Crippen LogP contribution in [0.15, 0.2) is 28.1 Å². The van der Waals surface area contributed by atoms with Gasteiger partial charge in [-0.15, -0.1) is 11.3 Å². The average molecular weight is 345 g/mol. The molecule has 98 valence electrons. The molecule has 1 heterocycles. The van der Waals surface area contributed by atoms with Crippen molar-refractivity contribution in [3.63, 3.8) is 0 Å². The Hall–Kier alpha value is -1.80. The highest BCUT2D eigenvalue weighted by atomic mass is 79.9. The Bertz CT molecular complexity index is 659. The van der Waals surface area contributed by atoms with E-state index >= 15 is 0 Å². The molecule has 0 aliphatic heterocycles. The summed E-state index contributed by atoms with van der Waals surface area (Å²) in [5.41, 5.74) is 0.0647. The van der Waals surface area contributed by atoms with E-state index in [1.807, 2.05) is 0 Å². The first-order chi connectivity index (χ1) is 8.97. The van der Waals surface area contributed by atoms with Gasteiger partial charge in [-0.05, 0) is 34.1 Å². The van der Waals surface area contributed by atoms with Crippen LogP contribution in [0.3, 0.4) is 0 Å². The maximum Gasteiger partial charge on any atom is 0.355 e. The number of thiazole rings is 1. The Morgan fingerprint density at radius 3 is 2.74 bits per heavy atom. The number of hydrogen-bond acceptors (Lipinski definition) is 4. The Balaban J connectivity index is 2.15. The van der Waals surface area contributed by atoms with Gasteiger partial charge in [0.25, 0.3) is 5.91 Å². The van der Waals surface area contributed by atoms with Gasteiger partial charge in [0.05, 0.1) is 4.47 Å². The smallest absolute Gasteiger partial charge is 0.355 e. The van der Waals surface area contributed by atoms with Gasteiger partial charge in [-0.1, -0.05) is 0 Å². The summed E-state index contributed by atoms with van der Waals surface area (Å²) in [6, 6.07) is 4.11. The van der Waals surface area contributed by atoms with E-state index in [1.54, 1.807) is 0 Å². The van der Waals surface area contributed by atoms with Crippen LogP contribution in [-0.2, 0) is 0 Å². The number of carboxylic acid groups (broad SMARTS) is 1. The maximum atomic E-state index is 13.3. The summed E-state index contributed by atoms with van der Waals surface area (Å²) in [4.78, 5) is 26.0. The maximum absolute atomic E-state index is 13.3. The van der Waals surface area contributed by atoms with Gasteiger partial charge in [0, 0.05) is 11.1 Å². The molecular formula is C11H6BrFN2O3S. The molecule has 5 nitrogen and oxygen atoms in total. The zero-order chi connectivity index (χ0) is 14.0. The summed E-state index contributed by atoms with van der Waals surface area (Å²) in [6.07, 6.45) is 0. The van der Waals surface area contributed by atoms with Gasteiger partial charge in [-0.25, -0.2) is 14.2 Å². The number of amides is 1. The largest absolute Gasteiger partial charge is 0.476 e. The third kappa shape index (κ3) is 3.15. The summed E-state index contributed by atoms with van der Waals surface area (Å²) in [5.74, 6) is -2.30. The van der Waals surface area contributed by atoms with Gasteiger partial charge in [0.2, 0.25) is 0 Å². The quantitative estimate of drug-likeness (QED) is 0.896. The number of nitrogens with zero attached hydrogens (tertiary/aromatic N) is 1. The van der Waals surface area contributed by atoms with Crippen molar-refractivity contribution in [3.8, 4) is 0 Å². The molecule has 0 bridgehead atoms. The van der Waals surface area contributed by atoms with Crippen LogP contribution in [0.2, 0.25) is 0 Å². The van der Waals surface area contributed by atoms with Crippen molar-refractivity contribution in [2.24, 2.45) is 0 Å². The van der Waals surface area contributed by atoms with Crippen LogP contribution >= 0.6 is 27.3 Å². The molecule has 0 aliphatic rings. The molecule has 0 saturated carbocycles. The monoisotopic (exact) mass is 344 g/mol. The number of hydrogen-bond donors (Lipinski definition) is 2. The second kappa shape index (κ2) is 5.45. The van der Waals surface area contributed by atoms with Crippen LogP contribution in [0.25, 0.3) is 0 Å². The van der Waals surface area contributed by atoms with Crippen LogP contribution in [-0.4, -0.2) is 22.0 Å². The van der Waals surface area contributed by atoms with Crippen molar-refractivity contribution >= 4 is 44.8 Å². The van der Waals surface area contributed by atoms with Gasteiger partial charge in [0.1, 0.15) is 5.82 Å². The van der Waals surface area contributed by atoms with E-state index in [-0.39, 0.29) is 20.9 Å². The fraction of sp³-hybridized carbons (Fsp3) is 0. The van der Waals surface area contributed by atoms with Crippen LogP contribution in [0.5, 0.6) is 0 Å². The normalized spacial score (nSPS) is 10.2. The average Bonchev–Trinajstić information content (AvgIpc) is 2.83. The van der Waals surface area contributed by atoms with Crippen LogP contribution < -0.4 is 5.32 Å². The summed E-state index contributed by atoms with van der Waals surface area (Å²) >= 11 is 3.90. The third-order valence-electron chi connectivity index (χ3n) is 2.10. The highest BCUT2D eigenvalue weighted by Gasteiger charge is 2.15. The van der Waals surface area contributed by atoms with Crippen molar-refractivity contribution < 1.29 is 19.1 Å². The van der Waals surface area contributed by atoms with E-state index in [0.717, 1.165) is 17.4 Å². The molecule has 2 N–H and O–H groups in total. The lowest BCUT2D eigenvalue weighted by atomic mass is 10.3. The molecule has 0 unspecified atom stereocenters. The van der Waals surface area contributed by atoms with Gasteiger partial charge in [-0.2, -0.15) is 0 Å². The Morgan fingerprint density at radius 1 is 1.42 bits per heavy atom. The molecule has 2 rings (SSSR count). The van der Waals surface area contributed by atoms with Crippen molar-refractivity contribution in [3.05, 3.63) is 44.6 Å². The lowest BCUT2D eigenvalue weighted by Gasteiger charge is -2.03. The first-order valence-corrected chi connectivity index (χ1v) is 6.60. The minimum absolute atomic E-state index is 0.000673. The zero-order valence-electron chi connectivity index (χ0n) is 9.18. The highest BCUT2D eigenvalue weighted by Crippen LogP contribution is 2.20. The molecule has 0 aliphatic carbocycles. The van der Waals surface area contributed by atoms with Crippen molar-refractivity contribution in [2.75, 3.05) is 5.32 Å².